The van der Waals surface area contributed by atoms with E-state index in [9.17, 15) is 4.79 Å². The number of likely N-dealkylation sites (tertiary alicyclic amines) is 1. The number of nitrogens with zero attached hydrogens (tertiary/aromatic N) is 2. The van der Waals surface area contributed by atoms with Crippen LogP contribution in [0.25, 0.3) is 0 Å². The summed E-state index contributed by atoms with van der Waals surface area (Å²) in [6.45, 7) is 12.8. The van der Waals surface area contributed by atoms with Crippen molar-refractivity contribution in [3.8, 4) is 0 Å². The van der Waals surface area contributed by atoms with Crippen molar-refractivity contribution in [3.05, 3.63) is 0 Å². The second-order valence-corrected chi connectivity index (χ2v) is 6.22. The van der Waals surface area contributed by atoms with E-state index in [0.29, 0.717) is 12.3 Å². The smallest absolute Gasteiger partial charge is 0.222 e. The van der Waals surface area contributed by atoms with E-state index in [1.54, 1.807) is 0 Å². The lowest BCUT2D eigenvalue weighted by Gasteiger charge is -2.27. The molecule has 2 rings (SSSR count). The van der Waals surface area contributed by atoms with Crippen LogP contribution in [0.2, 0.25) is 0 Å². The van der Waals surface area contributed by atoms with Gasteiger partial charge in [-0.3, -0.25) is 9.69 Å². The van der Waals surface area contributed by atoms with Gasteiger partial charge in [-0.05, 0) is 58.2 Å². The highest BCUT2D eigenvalue weighted by Gasteiger charge is 2.42. The highest BCUT2D eigenvalue weighted by atomic mass is 16.2. The summed E-state index contributed by atoms with van der Waals surface area (Å²) in [7, 11) is 0. The first-order valence-electron chi connectivity index (χ1n) is 8.43. The van der Waals surface area contributed by atoms with Crippen LogP contribution in [-0.2, 0) is 4.79 Å². The Hall–Kier alpha value is -0.610. The molecule has 0 radical (unpaired) electrons. The molecule has 2 aliphatic rings. The van der Waals surface area contributed by atoms with Crippen LogP contribution in [0.3, 0.4) is 0 Å². The second kappa shape index (κ2) is 7.41. The minimum absolute atomic E-state index is 0.323. The van der Waals surface area contributed by atoms with Crippen molar-refractivity contribution < 1.29 is 4.79 Å². The highest BCUT2D eigenvalue weighted by Crippen LogP contribution is 2.34. The number of hydrogen-bond acceptors (Lipinski definition) is 3. The van der Waals surface area contributed by atoms with Gasteiger partial charge in [0.1, 0.15) is 0 Å². The third-order valence-electron chi connectivity index (χ3n) is 5.19. The summed E-state index contributed by atoms with van der Waals surface area (Å²) in [6.07, 6.45) is 2.97. The Bertz CT molecular complexity index is 317. The van der Waals surface area contributed by atoms with Crippen molar-refractivity contribution in [2.24, 2.45) is 11.8 Å². The van der Waals surface area contributed by atoms with E-state index in [1.165, 1.54) is 26.1 Å². The van der Waals surface area contributed by atoms with Crippen LogP contribution < -0.4 is 5.32 Å². The second-order valence-electron chi connectivity index (χ2n) is 6.22. The summed E-state index contributed by atoms with van der Waals surface area (Å²) in [5, 5.41) is 3.53. The molecule has 3 atom stereocenters. The first kappa shape index (κ1) is 15.8. The van der Waals surface area contributed by atoms with Crippen LogP contribution in [0.1, 0.15) is 40.0 Å². The molecule has 2 saturated heterocycles. The third kappa shape index (κ3) is 3.34. The van der Waals surface area contributed by atoms with Gasteiger partial charge in [0, 0.05) is 32.1 Å². The molecule has 2 fully saturated rings. The summed E-state index contributed by atoms with van der Waals surface area (Å²) >= 11 is 0. The highest BCUT2D eigenvalue weighted by molar-refractivity contribution is 5.76. The van der Waals surface area contributed by atoms with Crippen LogP contribution in [0, 0.1) is 11.8 Å². The van der Waals surface area contributed by atoms with Gasteiger partial charge in [0.2, 0.25) is 5.91 Å². The molecule has 4 heteroatoms. The van der Waals surface area contributed by atoms with Gasteiger partial charge >= 0.3 is 0 Å². The summed E-state index contributed by atoms with van der Waals surface area (Å²) in [4.78, 5) is 16.6. The Balaban J connectivity index is 1.75. The first-order chi connectivity index (χ1) is 9.71. The molecule has 3 unspecified atom stereocenters. The fourth-order valence-electron chi connectivity index (χ4n) is 4.10. The zero-order valence-corrected chi connectivity index (χ0v) is 13.4. The van der Waals surface area contributed by atoms with Crippen molar-refractivity contribution in [1.29, 1.82) is 0 Å². The predicted octanol–water partition coefficient (Wildman–Crippen LogP) is 1.56. The third-order valence-corrected chi connectivity index (χ3v) is 5.19. The van der Waals surface area contributed by atoms with Gasteiger partial charge < -0.3 is 10.2 Å². The minimum atomic E-state index is 0.323. The monoisotopic (exact) mass is 281 g/mol. The number of rotatable bonds is 7. The number of fused-ring (bicyclic) bond motifs is 1. The van der Waals surface area contributed by atoms with Gasteiger partial charge in [-0.15, -0.1) is 0 Å². The summed E-state index contributed by atoms with van der Waals surface area (Å²) in [5.41, 5.74) is 0. The lowest BCUT2D eigenvalue weighted by molar-refractivity contribution is -0.131. The quantitative estimate of drug-likeness (QED) is 0.769. The Kier molecular flexibility index (Phi) is 5.85. The van der Waals surface area contributed by atoms with Gasteiger partial charge in [0.25, 0.3) is 0 Å². The molecular weight excluding hydrogens is 250 g/mol. The van der Waals surface area contributed by atoms with Crippen molar-refractivity contribution in [3.63, 3.8) is 0 Å². The first-order valence-corrected chi connectivity index (χ1v) is 8.43. The molecule has 2 heterocycles. The van der Waals surface area contributed by atoms with Gasteiger partial charge in [-0.2, -0.15) is 0 Å². The van der Waals surface area contributed by atoms with Crippen molar-refractivity contribution in [2.45, 2.75) is 46.1 Å². The van der Waals surface area contributed by atoms with Crippen LogP contribution in [0.15, 0.2) is 0 Å². The maximum absolute atomic E-state index is 12.0. The molecule has 0 spiro atoms. The number of amides is 1. The standard InChI is InChI=1S/C16H31N3O/c1-4-15-14-11-17-10-13(14)12-19(15)9-7-8-16(20)18(5-2)6-3/h13-15,17H,4-12H2,1-3H3. The van der Waals surface area contributed by atoms with Gasteiger partial charge in [-0.25, -0.2) is 0 Å². The van der Waals surface area contributed by atoms with E-state index in [4.69, 9.17) is 0 Å². The van der Waals surface area contributed by atoms with E-state index in [0.717, 1.165) is 43.9 Å². The van der Waals surface area contributed by atoms with Crippen molar-refractivity contribution >= 4 is 5.91 Å². The van der Waals surface area contributed by atoms with E-state index < -0.39 is 0 Å². The molecular formula is C16H31N3O. The van der Waals surface area contributed by atoms with Gasteiger partial charge in [-0.1, -0.05) is 6.92 Å². The Morgan fingerprint density at radius 1 is 1.25 bits per heavy atom. The predicted molar refractivity (Wildman–Crippen MR) is 82.7 cm³/mol. The van der Waals surface area contributed by atoms with Crippen LogP contribution in [0.5, 0.6) is 0 Å². The lowest BCUT2D eigenvalue weighted by atomic mass is 9.93. The van der Waals surface area contributed by atoms with Crippen LogP contribution in [-0.4, -0.2) is 61.0 Å². The Labute approximate surface area is 123 Å². The molecule has 0 saturated carbocycles. The largest absolute Gasteiger partial charge is 0.343 e. The zero-order chi connectivity index (χ0) is 14.5. The minimum Gasteiger partial charge on any atom is -0.343 e. The lowest BCUT2D eigenvalue weighted by Crippen LogP contribution is -2.36. The molecule has 1 N–H and O–H groups in total. The normalized spacial score (nSPS) is 29.6. The summed E-state index contributed by atoms with van der Waals surface area (Å²) in [6, 6.07) is 0.735. The molecule has 0 aromatic carbocycles. The summed E-state index contributed by atoms with van der Waals surface area (Å²) < 4.78 is 0. The maximum Gasteiger partial charge on any atom is 0.222 e. The number of hydrogen-bond donors (Lipinski definition) is 1. The molecule has 0 aliphatic carbocycles. The molecule has 2 aliphatic heterocycles. The molecule has 20 heavy (non-hydrogen) atoms. The zero-order valence-electron chi connectivity index (χ0n) is 13.4. The molecule has 4 nitrogen and oxygen atoms in total. The van der Waals surface area contributed by atoms with Gasteiger partial charge in [0.15, 0.2) is 0 Å². The van der Waals surface area contributed by atoms with Crippen molar-refractivity contribution in [1.82, 2.24) is 15.1 Å². The SMILES string of the molecule is CCC1C2CNCC2CN1CCCC(=O)N(CC)CC. The number of nitrogens with one attached hydrogen (secondary N) is 1. The van der Waals surface area contributed by atoms with Crippen LogP contribution in [0.4, 0.5) is 0 Å². The fourth-order valence-corrected chi connectivity index (χ4v) is 4.10. The Morgan fingerprint density at radius 3 is 2.65 bits per heavy atom. The van der Waals surface area contributed by atoms with E-state index in [-0.39, 0.29) is 0 Å². The van der Waals surface area contributed by atoms with E-state index in [1.807, 2.05) is 4.90 Å². The average molecular weight is 281 g/mol. The number of carbonyl (C=O) groups excluding carboxylic acids is 1. The number of carbonyl (C=O) groups is 1. The maximum atomic E-state index is 12.0. The molecule has 0 aromatic heterocycles. The van der Waals surface area contributed by atoms with Crippen molar-refractivity contribution in [2.75, 3.05) is 39.3 Å². The molecule has 0 aromatic rings. The molecule has 1 amide bonds. The topological polar surface area (TPSA) is 35.6 Å². The van der Waals surface area contributed by atoms with E-state index in [2.05, 4.69) is 31.0 Å². The average Bonchev–Trinajstić information content (AvgIpc) is 3.00. The van der Waals surface area contributed by atoms with Gasteiger partial charge in [0.05, 0.1) is 0 Å². The molecule has 116 valence electrons. The summed E-state index contributed by atoms with van der Waals surface area (Å²) in [5.74, 6) is 2.01. The fraction of sp³-hybridized carbons (Fsp3) is 0.938. The van der Waals surface area contributed by atoms with Crippen LogP contribution >= 0.6 is 0 Å². The molecule has 0 bridgehead atoms. The van der Waals surface area contributed by atoms with E-state index >= 15 is 0 Å². The Morgan fingerprint density at radius 2 is 2.00 bits per heavy atom.